The Morgan fingerprint density at radius 3 is 2.91 bits per heavy atom. The number of rotatable bonds is 8. The van der Waals surface area contributed by atoms with Gasteiger partial charge in [0.2, 0.25) is 0 Å². The normalized spacial score (nSPS) is 16.7. The Morgan fingerprint density at radius 1 is 1.26 bits per heavy atom. The molecular formula is C16H25N5OS. The van der Waals surface area contributed by atoms with E-state index in [9.17, 15) is 0 Å². The average molecular weight is 335 g/mol. The molecule has 2 aromatic rings. The summed E-state index contributed by atoms with van der Waals surface area (Å²) >= 11 is 1.21. The molecule has 126 valence electrons. The topological polar surface area (TPSA) is 57.4 Å². The first-order valence-corrected chi connectivity index (χ1v) is 9.01. The first-order chi connectivity index (χ1) is 11.3. The van der Waals surface area contributed by atoms with Gasteiger partial charge in [0.25, 0.3) is 0 Å². The lowest BCUT2D eigenvalue weighted by Crippen LogP contribution is -2.44. The summed E-state index contributed by atoms with van der Waals surface area (Å²) in [6.07, 6.45) is 7.18. The summed E-state index contributed by atoms with van der Waals surface area (Å²) in [4.78, 5) is 4.98. The summed E-state index contributed by atoms with van der Waals surface area (Å²) in [5, 5.41) is 3.20. The third-order valence-corrected chi connectivity index (χ3v) is 4.78. The molecule has 0 unspecified atom stereocenters. The monoisotopic (exact) mass is 335 g/mol. The van der Waals surface area contributed by atoms with E-state index in [1.54, 1.807) is 6.20 Å². The van der Waals surface area contributed by atoms with Crippen LogP contribution in [0.5, 0.6) is 0 Å². The Bertz CT molecular complexity index is 563. The molecule has 0 radical (unpaired) electrons. The number of nitrogens with zero attached hydrogens (tertiary/aromatic N) is 4. The summed E-state index contributed by atoms with van der Waals surface area (Å²) in [6.45, 7) is 6.70. The maximum absolute atomic E-state index is 5.60. The van der Waals surface area contributed by atoms with Gasteiger partial charge in [-0.05, 0) is 44.5 Å². The number of aryl methyl sites for hydroxylation is 1. The molecule has 23 heavy (non-hydrogen) atoms. The minimum absolute atomic E-state index is 0.659. The Balaban J connectivity index is 1.31. The minimum Gasteiger partial charge on any atom is -0.467 e. The van der Waals surface area contributed by atoms with Crippen molar-refractivity contribution in [3.05, 3.63) is 29.9 Å². The highest BCUT2D eigenvalue weighted by Crippen LogP contribution is 2.13. The molecule has 7 heteroatoms. The van der Waals surface area contributed by atoms with E-state index in [0.29, 0.717) is 6.54 Å². The minimum atomic E-state index is 0.659. The summed E-state index contributed by atoms with van der Waals surface area (Å²) in [5.41, 5.74) is 1.29. The molecule has 3 rings (SSSR count). The van der Waals surface area contributed by atoms with Crippen LogP contribution in [0, 0.1) is 0 Å². The molecule has 2 aromatic heterocycles. The van der Waals surface area contributed by atoms with Crippen molar-refractivity contribution in [1.29, 1.82) is 0 Å². The molecule has 1 fully saturated rings. The van der Waals surface area contributed by atoms with E-state index in [-0.39, 0.29) is 0 Å². The van der Waals surface area contributed by atoms with Crippen LogP contribution in [0.1, 0.15) is 24.2 Å². The number of aromatic nitrogens is 2. The predicted molar refractivity (Wildman–Crippen MR) is 92.8 cm³/mol. The Hall–Kier alpha value is -1.44. The summed E-state index contributed by atoms with van der Waals surface area (Å²) in [5.74, 6) is 1.76. The van der Waals surface area contributed by atoms with Gasteiger partial charge in [0.1, 0.15) is 5.76 Å². The number of unbranched alkanes of at least 4 members (excludes halogenated alkanes) is 1. The van der Waals surface area contributed by atoms with E-state index in [1.807, 2.05) is 6.26 Å². The summed E-state index contributed by atoms with van der Waals surface area (Å²) in [6, 6.07) is 2.14. The molecule has 3 heterocycles. The van der Waals surface area contributed by atoms with Gasteiger partial charge < -0.3 is 19.5 Å². The number of nitrogens with one attached hydrogen (secondary N) is 1. The highest BCUT2D eigenvalue weighted by molar-refractivity contribution is 6.99. The number of likely N-dealkylation sites (N-methyl/N-ethyl adjacent to an activating group) is 1. The second-order valence-corrected chi connectivity index (χ2v) is 6.73. The molecule has 0 spiro atoms. The smallest absolute Gasteiger partial charge is 0.160 e. The lowest BCUT2D eigenvalue weighted by molar-refractivity contribution is 0.152. The molecule has 1 saturated heterocycles. The van der Waals surface area contributed by atoms with Gasteiger partial charge in [-0.3, -0.25) is 0 Å². The number of piperazine rings is 1. The van der Waals surface area contributed by atoms with Crippen molar-refractivity contribution >= 4 is 17.5 Å². The molecule has 0 amide bonds. The van der Waals surface area contributed by atoms with Crippen LogP contribution in [0.3, 0.4) is 0 Å². The van der Waals surface area contributed by atoms with Crippen LogP contribution >= 0.6 is 11.7 Å². The van der Waals surface area contributed by atoms with Gasteiger partial charge in [-0.25, -0.2) is 0 Å². The van der Waals surface area contributed by atoms with Crippen molar-refractivity contribution in [2.75, 3.05) is 45.1 Å². The van der Waals surface area contributed by atoms with Crippen LogP contribution in [0.2, 0.25) is 0 Å². The number of anilines is 1. The fourth-order valence-electron chi connectivity index (χ4n) is 2.81. The second kappa shape index (κ2) is 8.42. The van der Waals surface area contributed by atoms with Gasteiger partial charge in [-0.15, -0.1) is 0 Å². The maximum atomic E-state index is 5.60. The fraction of sp³-hybridized carbons (Fsp3) is 0.625. The Kier molecular flexibility index (Phi) is 6.01. The average Bonchev–Trinajstić information content (AvgIpc) is 3.23. The van der Waals surface area contributed by atoms with Gasteiger partial charge in [-0.2, -0.15) is 8.75 Å². The van der Waals surface area contributed by atoms with Crippen molar-refractivity contribution in [2.45, 2.75) is 25.8 Å². The van der Waals surface area contributed by atoms with E-state index >= 15 is 0 Å². The van der Waals surface area contributed by atoms with E-state index in [4.69, 9.17) is 4.42 Å². The van der Waals surface area contributed by atoms with Crippen molar-refractivity contribution in [2.24, 2.45) is 0 Å². The van der Waals surface area contributed by atoms with Crippen LogP contribution in [-0.4, -0.2) is 58.3 Å². The molecule has 1 aliphatic heterocycles. The number of hydrogen-bond acceptors (Lipinski definition) is 7. The van der Waals surface area contributed by atoms with Crippen LogP contribution in [-0.2, 0) is 13.0 Å². The fourth-order valence-corrected chi connectivity index (χ4v) is 3.20. The van der Waals surface area contributed by atoms with Crippen LogP contribution in [0.25, 0.3) is 0 Å². The van der Waals surface area contributed by atoms with Crippen molar-refractivity contribution in [3.63, 3.8) is 0 Å². The first-order valence-electron chi connectivity index (χ1n) is 8.28. The lowest BCUT2D eigenvalue weighted by Gasteiger charge is -2.32. The standard InChI is InChI=1S/C16H25N5OS/c1-20-6-8-21(9-7-20)5-3-2-4-14-10-15(22-13-14)11-17-16-12-18-23-19-16/h10,12-13H,2-9,11H2,1H3,(H,17,19). The molecule has 0 aliphatic carbocycles. The molecule has 0 atom stereocenters. The van der Waals surface area contributed by atoms with E-state index < -0.39 is 0 Å². The number of hydrogen-bond donors (Lipinski definition) is 1. The van der Waals surface area contributed by atoms with Crippen molar-refractivity contribution in [3.8, 4) is 0 Å². The molecule has 6 nitrogen and oxygen atoms in total. The lowest BCUT2D eigenvalue weighted by atomic mass is 10.1. The zero-order valence-corrected chi connectivity index (χ0v) is 14.5. The van der Waals surface area contributed by atoms with Gasteiger partial charge in [-0.1, -0.05) is 0 Å². The van der Waals surface area contributed by atoms with E-state index in [0.717, 1.165) is 18.0 Å². The highest BCUT2D eigenvalue weighted by Gasteiger charge is 2.12. The molecule has 1 N–H and O–H groups in total. The predicted octanol–water partition coefficient (Wildman–Crippen LogP) is 2.31. The van der Waals surface area contributed by atoms with Crippen LogP contribution in [0.15, 0.2) is 22.9 Å². The SMILES string of the molecule is CN1CCN(CCCCc2coc(CNc3cnsn3)c2)CC1. The second-order valence-electron chi connectivity index (χ2n) is 6.17. The zero-order valence-electron chi connectivity index (χ0n) is 13.7. The highest BCUT2D eigenvalue weighted by atomic mass is 32.1. The first kappa shape index (κ1) is 16.4. The van der Waals surface area contributed by atoms with Gasteiger partial charge in [0, 0.05) is 26.2 Å². The summed E-state index contributed by atoms with van der Waals surface area (Å²) < 4.78 is 13.7. The largest absolute Gasteiger partial charge is 0.467 e. The quantitative estimate of drug-likeness (QED) is 0.747. The Labute approximate surface area is 141 Å². The summed E-state index contributed by atoms with van der Waals surface area (Å²) in [7, 11) is 2.20. The van der Waals surface area contributed by atoms with Crippen LogP contribution < -0.4 is 5.32 Å². The van der Waals surface area contributed by atoms with Crippen molar-refractivity contribution in [1.82, 2.24) is 18.5 Å². The van der Waals surface area contributed by atoms with Gasteiger partial charge in [0.05, 0.1) is 30.7 Å². The third kappa shape index (κ3) is 5.30. The van der Waals surface area contributed by atoms with Crippen molar-refractivity contribution < 1.29 is 4.42 Å². The molecule has 0 bridgehead atoms. The molecule has 0 aromatic carbocycles. The third-order valence-electron chi connectivity index (χ3n) is 4.30. The Morgan fingerprint density at radius 2 is 2.13 bits per heavy atom. The molecule has 0 saturated carbocycles. The van der Waals surface area contributed by atoms with Gasteiger partial charge >= 0.3 is 0 Å². The van der Waals surface area contributed by atoms with E-state index in [1.165, 1.54) is 62.9 Å². The zero-order chi connectivity index (χ0) is 15.9. The molecule has 1 aliphatic rings. The van der Waals surface area contributed by atoms with Gasteiger partial charge in [0.15, 0.2) is 5.82 Å². The number of furan rings is 1. The maximum Gasteiger partial charge on any atom is 0.160 e. The van der Waals surface area contributed by atoms with Crippen LogP contribution in [0.4, 0.5) is 5.82 Å². The molecular weight excluding hydrogens is 310 g/mol. The van der Waals surface area contributed by atoms with E-state index in [2.05, 4.69) is 37.0 Å².